The van der Waals surface area contributed by atoms with Crippen molar-refractivity contribution in [2.24, 2.45) is 0 Å². The molecule has 0 fully saturated rings. The van der Waals surface area contributed by atoms with Gasteiger partial charge in [-0.2, -0.15) is 0 Å². The minimum Gasteiger partial charge on any atom is -0.489 e. The molecule has 7 heteroatoms. The minimum absolute atomic E-state index is 0.0747. The molecule has 0 amide bonds. The summed E-state index contributed by atoms with van der Waals surface area (Å²) in [6.07, 6.45) is 1.72. The number of esters is 1. The third-order valence-electron chi connectivity index (χ3n) is 5.09. The highest BCUT2D eigenvalue weighted by atomic mass is 16.5. The van der Waals surface area contributed by atoms with E-state index in [0.717, 1.165) is 33.5 Å². The Hall–Kier alpha value is -3.87. The number of nitrogens with zero attached hydrogens (tertiary/aromatic N) is 1. The number of carbonyl (C=O) groups is 2. The lowest BCUT2D eigenvalue weighted by Gasteiger charge is -2.07. The van der Waals surface area contributed by atoms with Crippen molar-refractivity contribution in [3.05, 3.63) is 82.9 Å². The Labute approximate surface area is 179 Å². The Bertz CT molecular complexity index is 1200. The van der Waals surface area contributed by atoms with Gasteiger partial charge in [0, 0.05) is 22.7 Å². The number of aryl methyl sites for hydroxylation is 2. The number of fused-ring (bicyclic) bond motifs is 1. The molecular weight excluding hydrogens is 396 g/mol. The summed E-state index contributed by atoms with van der Waals surface area (Å²) in [5.41, 5.74) is 3.89. The molecule has 4 aromatic rings. The first-order chi connectivity index (χ1) is 15.0. The zero-order valence-electron chi connectivity index (χ0n) is 17.3. The lowest BCUT2D eigenvalue weighted by Crippen LogP contribution is -2.15. The van der Waals surface area contributed by atoms with Crippen LogP contribution in [0.1, 0.15) is 32.9 Å². The smallest absolute Gasteiger partial charge is 0.310 e. The number of hydrogen-bond acceptors (Lipinski definition) is 6. The lowest BCUT2D eigenvalue weighted by atomic mass is 10.1. The van der Waals surface area contributed by atoms with Crippen LogP contribution in [0.4, 0.5) is 0 Å². The Balaban J connectivity index is 1.28. The topological polar surface area (TPSA) is 94.4 Å². The molecule has 0 radical (unpaired) electrons. The van der Waals surface area contributed by atoms with Crippen LogP contribution in [0.3, 0.4) is 0 Å². The average Bonchev–Trinajstić information content (AvgIpc) is 3.35. The Kier molecular flexibility index (Phi) is 5.84. The molecule has 2 aromatic heterocycles. The predicted octanol–water partition coefficient (Wildman–Crippen LogP) is 4.32. The summed E-state index contributed by atoms with van der Waals surface area (Å²) in [6, 6.07) is 14.7. The normalized spacial score (nSPS) is 10.9. The predicted molar refractivity (Wildman–Crippen MR) is 114 cm³/mol. The molecule has 4 rings (SSSR count). The van der Waals surface area contributed by atoms with Crippen LogP contribution in [0.25, 0.3) is 10.9 Å². The third kappa shape index (κ3) is 4.66. The van der Waals surface area contributed by atoms with Crippen LogP contribution in [0.5, 0.6) is 5.75 Å². The zero-order chi connectivity index (χ0) is 21.8. The number of carbonyl (C=O) groups excluding carboxylic acids is 2. The maximum Gasteiger partial charge on any atom is 0.310 e. The summed E-state index contributed by atoms with van der Waals surface area (Å²) >= 11 is 0. The van der Waals surface area contributed by atoms with Crippen LogP contribution in [-0.2, 0) is 22.6 Å². The second-order valence-electron chi connectivity index (χ2n) is 7.24. The van der Waals surface area contributed by atoms with Crippen LogP contribution in [-0.4, -0.2) is 28.5 Å². The van der Waals surface area contributed by atoms with Gasteiger partial charge in [-0.25, -0.2) is 0 Å². The van der Waals surface area contributed by atoms with Crippen molar-refractivity contribution < 1.29 is 23.6 Å². The largest absolute Gasteiger partial charge is 0.489 e. The molecule has 0 aliphatic carbocycles. The molecule has 0 unspecified atom stereocenters. The number of Topliss-reactive ketones (excluding diaryl/α,β-unsaturated/α-hetero) is 1. The molecule has 0 aliphatic heterocycles. The zero-order valence-corrected chi connectivity index (χ0v) is 17.3. The summed E-state index contributed by atoms with van der Waals surface area (Å²) < 4.78 is 16.1. The van der Waals surface area contributed by atoms with E-state index in [1.54, 1.807) is 30.5 Å². The quantitative estimate of drug-likeness (QED) is 0.338. The summed E-state index contributed by atoms with van der Waals surface area (Å²) in [5, 5.41) is 4.72. The van der Waals surface area contributed by atoms with Gasteiger partial charge in [0.15, 0.2) is 6.61 Å². The van der Waals surface area contributed by atoms with E-state index in [1.807, 2.05) is 38.1 Å². The van der Waals surface area contributed by atoms with Gasteiger partial charge in [-0.1, -0.05) is 35.5 Å². The number of ether oxygens (including phenoxy) is 2. The Morgan fingerprint density at radius 2 is 1.84 bits per heavy atom. The molecule has 1 N–H and O–H groups in total. The van der Waals surface area contributed by atoms with Crippen molar-refractivity contribution in [1.82, 2.24) is 10.1 Å². The molecule has 0 aliphatic rings. The molecule has 0 spiro atoms. The number of aromatic nitrogens is 2. The van der Waals surface area contributed by atoms with Gasteiger partial charge in [-0.15, -0.1) is 0 Å². The maximum atomic E-state index is 12.4. The molecule has 0 saturated heterocycles. The Morgan fingerprint density at radius 1 is 1.06 bits per heavy atom. The second-order valence-corrected chi connectivity index (χ2v) is 7.24. The van der Waals surface area contributed by atoms with Crippen molar-refractivity contribution >= 4 is 22.7 Å². The van der Waals surface area contributed by atoms with E-state index in [4.69, 9.17) is 14.0 Å². The fraction of sp³-hybridized carbons (Fsp3) is 0.208. The van der Waals surface area contributed by atoms with Gasteiger partial charge in [0.1, 0.15) is 18.1 Å². The van der Waals surface area contributed by atoms with Gasteiger partial charge in [0.2, 0.25) is 5.78 Å². The third-order valence-corrected chi connectivity index (χ3v) is 5.09. The van der Waals surface area contributed by atoms with E-state index < -0.39 is 5.97 Å². The standard InChI is InChI=1S/C24H22N2O5/c1-15-21(16(2)31-26-15)13-29-18-9-7-17(8-10-18)11-24(28)30-14-23(27)20-12-25-22-6-4-3-5-19(20)22/h3-10,12,25H,11,13-14H2,1-2H3. The Morgan fingerprint density at radius 3 is 2.58 bits per heavy atom. The van der Waals surface area contributed by atoms with Gasteiger partial charge in [-0.05, 0) is 37.6 Å². The highest BCUT2D eigenvalue weighted by Gasteiger charge is 2.15. The monoisotopic (exact) mass is 418 g/mol. The average molecular weight is 418 g/mol. The molecule has 31 heavy (non-hydrogen) atoms. The lowest BCUT2D eigenvalue weighted by molar-refractivity contribution is -0.141. The van der Waals surface area contributed by atoms with Gasteiger partial charge in [0.25, 0.3) is 0 Å². The SMILES string of the molecule is Cc1noc(C)c1COc1ccc(CC(=O)OCC(=O)c2c[nH]c3ccccc23)cc1. The van der Waals surface area contributed by atoms with E-state index in [9.17, 15) is 9.59 Å². The summed E-state index contributed by atoms with van der Waals surface area (Å²) in [5.74, 6) is 0.706. The maximum absolute atomic E-state index is 12.4. The van der Waals surface area contributed by atoms with Crippen LogP contribution in [0.2, 0.25) is 0 Å². The fourth-order valence-corrected chi connectivity index (χ4v) is 3.31. The second kappa shape index (κ2) is 8.87. The number of benzene rings is 2. The first kappa shape index (κ1) is 20.4. The number of aromatic amines is 1. The van der Waals surface area contributed by atoms with Gasteiger partial charge in [0.05, 0.1) is 17.7 Å². The molecule has 2 heterocycles. The van der Waals surface area contributed by atoms with Crippen LogP contribution >= 0.6 is 0 Å². The van der Waals surface area contributed by atoms with Crippen molar-refractivity contribution in [1.29, 1.82) is 0 Å². The van der Waals surface area contributed by atoms with Crippen LogP contribution in [0.15, 0.2) is 59.3 Å². The van der Waals surface area contributed by atoms with Gasteiger partial charge < -0.3 is 19.0 Å². The molecular formula is C24H22N2O5. The van der Waals surface area contributed by atoms with Crippen molar-refractivity contribution in [3.8, 4) is 5.75 Å². The number of H-pyrrole nitrogens is 1. The van der Waals surface area contributed by atoms with Gasteiger partial charge >= 0.3 is 5.97 Å². The van der Waals surface area contributed by atoms with E-state index in [0.29, 0.717) is 17.9 Å². The first-order valence-electron chi connectivity index (χ1n) is 9.89. The highest BCUT2D eigenvalue weighted by molar-refractivity contribution is 6.08. The number of hydrogen-bond donors (Lipinski definition) is 1. The minimum atomic E-state index is -0.461. The van der Waals surface area contributed by atoms with E-state index in [1.165, 1.54) is 0 Å². The molecule has 158 valence electrons. The first-order valence-corrected chi connectivity index (χ1v) is 9.89. The number of nitrogens with one attached hydrogen (secondary N) is 1. The van der Waals surface area contributed by atoms with E-state index >= 15 is 0 Å². The van der Waals surface area contributed by atoms with Crippen molar-refractivity contribution in [3.63, 3.8) is 0 Å². The number of rotatable bonds is 8. The molecule has 0 atom stereocenters. The van der Waals surface area contributed by atoms with E-state index in [-0.39, 0.29) is 18.8 Å². The fourth-order valence-electron chi connectivity index (χ4n) is 3.31. The van der Waals surface area contributed by atoms with Crippen molar-refractivity contribution in [2.45, 2.75) is 26.9 Å². The van der Waals surface area contributed by atoms with Crippen molar-refractivity contribution in [2.75, 3.05) is 6.61 Å². The molecule has 7 nitrogen and oxygen atoms in total. The van der Waals surface area contributed by atoms with Crippen LogP contribution in [0, 0.1) is 13.8 Å². The molecule has 2 aromatic carbocycles. The number of ketones is 1. The number of para-hydroxylation sites is 1. The highest BCUT2D eigenvalue weighted by Crippen LogP contribution is 2.19. The summed E-state index contributed by atoms with van der Waals surface area (Å²) in [4.78, 5) is 27.6. The summed E-state index contributed by atoms with van der Waals surface area (Å²) in [6.45, 7) is 3.78. The molecule has 0 saturated carbocycles. The van der Waals surface area contributed by atoms with E-state index in [2.05, 4.69) is 10.1 Å². The van der Waals surface area contributed by atoms with Crippen LogP contribution < -0.4 is 4.74 Å². The van der Waals surface area contributed by atoms with Gasteiger partial charge in [-0.3, -0.25) is 9.59 Å². The molecule has 0 bridgehead atoms. The summed E-state index contributed by atoms with van der Waals surface area (Å²) in [7, 11) is 0.